The number of aryl methyl sites for hydroxylation is 1. The number of benzene rings is 2. The van der Waals surface area contributed by atoms with Gasteiger partial charge in [0.15, 0.2) is 5.82 Å². The highest BCUT2D eigenvalue weighted by Crippen LogP contribution is 2.56. The quantitative estimate of drug-likeness (QED) is 0.603. The molecule has 2 aromatic carbocycles. The second-order valence-electron chi connectivity index (χ2n) is 8.76. The molecule has 2 unspecified atom stereocenters. The van der Waals surface area contributed by atoms with Gasteiger partial charge in [-0.1, -0.05) is 48.0 Å². The van der Waals surface area contributed by atoms with Crippen molar-refractivity contribution in [3.05, 3.63) is 77.1 Å². The van der Waals surface area contributed by atoms with E-state index < -0.39 is 6.04 Å². The fraction of sp³-hybridized carbons (Fsp3) is 0.348. The van der Waals surface area contributed by atoms with Crippen LogP contribution in [0, 0.1) is 6.92 Å². The zero-order valence-electron chi connectivity index (χ0n) is 18.1. The Morgan fingerprint density at radius 1 is 1.16 bits per heavy atom. The molecule has 9 heteroatoms. The van der Waals surface area contributed by atoms with Crippen molar-refractivity contribution >= 4 is 23.6 Å². The summed E-state index contributed by atoms with van der Waals surface area (Å²) >= 11 is 1.67. The Bertz CT molecular complexity index is 1180. The summed E-state index contributed by atoms with van der Waals surface area (Å²) in [4.78, 5) is 27.6. The van der Waals surface area contributed by atoms with Gasteiger partial charge in [0.25, 0.3) is 5.91 Å². The van der Waals surface area contributed by atoms with E-state index in [1.807, 2.05) is 36.1 Å². The summed E-state index contributed by atoms with van der Waals surface area (Å²) in [5, 5.41) is 15.2. The van der Waals surface area contributed by atoms with Gasteiger partial charge in [-0.15, -0.1) is 16.9 Å². The molecule has 2 fully saturated rings. The molecule has 5 rings (SSSR count). The third kappa shape index (κ3) is 3.46. The summed E-state index contributed by atoms with van der Waals surface area (Å²) in [7, 11) is 0. The number of hydrogen-bond donors (Lipinski definition) is 1. The maximum Gasteiger partial charge on any atom is 0.252 e. The van der Waals surface area contributed by atoms with Gasteiger partial charge in [-0.3, -0.25) is 9.59 Å². The van der Waals surface area contributed by atoms with Gasteiger partial charge in [-0.2, -0.15) is 0 Å². The molecular weight excluding hydrogens is 424 g/mol. The van der Waals surface area contributed by atoms with Crippen molar-refractivity contribution in [2.24, 2.45) is 0 Å². The van der Waals surface area contributed by atoms with Crippen molar-refractivity contribution in [1.82, 2.24) is 30.4 Å². The lowest BCUT2D eigenvalue weighted by Gasteiger charge is -2.44. The van der Waals surface area contributed by atoms with Crippen LogP contribution in [0.4, 0.5) is 0 Å². The Labute approximate surface area is 190 Å². The van der Waals surface area contributed by atoms with E-state index in [9.17, 15) is 9.59 Å². The first-order valence-electron chi connectivity index (χ1n) is 10.5. The SMILES string of the molecule is Cc1cccc(Cn2nnnc2C2N3C(=O)C(NC(=O)c4ccccc4)[C@@H]3SC2(C)C)c1. The number of carbonyl (C=O) groups is 2. The molecule has 164 valence electrons. The molecule has 2 saturated heterocycles. The highest BCUT2D eigenvalue weighted by molar-refractivity contribution is 8.01. The van der Waals surface area contributed by atoms with E-state index in [1.165, 1.54) is 5.56 Å². The Balaban J connectivity index is 1.38. The van der Waals surface area contributed by atoms with E-state index in [0.29, 0.717) is 17.9 Å². The van der Waals surface area contributed by atoms with Gasteiger partial charge in [0.1, 0.15) is 17.5 Å². The minimum Gasteiger partial charge on any atom is -0.338 e. The van der Waals surface area contributed by atoms with Gasteiger partial charge in [-0.05, 0) is 48.9 Å². The smallest absolute Gasteiger partial charge is 0.252 e. The van der Waals surface area contributed by atoms with Crippen LogP contribution in [-0.4, -0.2) is 53.1 Å². The summed E-state index contributed by atoms with van der Waals surface area (Å²) in [5.74, 6) is 0.315. The predicted molar refractivity (Wildman–Crippen MR) is 121 cm³/mol. The summed E-state index contributed by atoms with van der Waals surface area (Å²) in [6.07, 6.45) is 0. The van der Waals surface area contributed by atoms with Gasteiger partial charge < -0.3 is 10.2 Å². The minimum atomic E-state index is -0.557. The van der Waals surface area contributed by atoms with E-state index >= 15 is 0 Å². The molecule has 32 heavy (non-hydrogen) atoms. The van der Waals surface area contributed by atoms with Gasteiger partial charge in [0.2, 0.25) is 5.91 Å². The third-order valence-electron chi connectivity index (χ3n) is 5.98. The average molecular weight is 449 g/mol. The predicted octanol–water partition coefficient (Wildman–Crippen LogP) is 2.56. The molecule has 2 aliphatic heterocycles. The highest BCUT2D eigenvalue weighted by Gasteiger charge is 2.63. The van der Waals surface area contributed by atoms with Crippen molar-refractivity contribution < 1.29 is 9.59 Å². The fourth-order valence-electron chi connectivity index (χ4n) is 4.48. The van der Waals surface area contributed by atoms with Crippen molar-refractivity contribution in [2.75, 3.05) is 0 Å². The molecule has 3 atom stereocenters. The Hall–Kier alpha value is -3.20. The fourth-order valence-corrected chi connectivity index (χ4v) is 6.11. The molecule has 0 spiro atoms. The lowest BCUT2D eigenvalue weighted by atomic mass is 9.95. The van der Waals surface area contributed by atoms with Crippen LogP contribution >= 0.6 is 11.8 Å². The Morgan fingerprint density at radius 2 is 1.94 bits per heavy atom. The number of amides is 2. The third-order valence-corrected chi connectivity index (χ3v) is 7.55. The number of thioether (sulfide) groups is 1. The molecule has 3 heterocycles. The zero-order valence-corrected chi connectivity index (χ0v) is 18.9. The topological polar surface area (TPSA) is 93.0 Å². The standard InChI is InChI=1S/C23H24N6O2S/c1-14-8-7-9-15(12-14)13-28-19(25-26-27-28)18-23(2,3)32-22-17(21(31)29(18)22)24-20(30)16-10-5-4-6-11-16/h4-12,17-18,22H,13H2,1-3H3,(H,24,30)/t17?,18?,22-/m0/s1. The number of hydrogen-bond acceptors (Lipinski definition) is 6. The second kappa shape index (κ2) is 7.74. The summed E-state index contributed by atoms with van der Waals surface area (Å²) < 4.78 is 1.46. The molecule has 0 bridgehead atoms. The monoisotopic (exact) mass is 448 g/mol. The Morgan fingerprint density at radius 3 is 2.69 bits per heavy atom. The molecule has 2 aliphatic rings. The van der Waals surface area contributed by atoms with E-state index in [4.69, 9.17) is 0 Å². The van der Waals surface area contributed by atoms with Crippen LogP contribution in [0.2, 0.25) is 0 Å². The number of β-lactam (4-membered cyclic amide) rings is 1. The van der Waals surface area contributed by atoms with Crippen LogP contribution in [0.25, 0.3) is 0 Å². The van der Waals surface area contributed by atoms with Crippen LogP contribution in [-0.2, 0) is 11.3 Å². The molecule has 2 amide bonds. The molecular formula is C23H24N6O2S. The van der Waals surface area contributed by atoms with Crippen LogP contribution < -0.4 is 5.32 Å². The van der Waals surface area contributed by atoms with Gasteiger partial charge in [-0.25, -0.2) is 4.68 Å². The maximum atomic E-state index is 13.1. The van der Waals surface area contributed by atoms with Gasteiger partial charge >= 0.3 is 0 Å². The molecule has 0 aliphatic carbocycles. The largest absolute Gasteiger partial charge is 0.338 e. The number of fused-ring (bicyclic) bond motifs is 1. The number of rotatable bonds is 5. The normalized spacial score (nSPS) is 23.5. The molecule has 0 radical (unpaired) electrons. The summed E-state index contributed by atoms with van der Waals surface area (Å²) in [5.41, 5.74) is 2.81. The number of carbonyl (C=O) groups excluding carboxylic acids is 2. The maximum absolute atomic E-state index is 13.1. The van der Waals surface area contributed by atoms with Gasteiger partial charge in [0.05, 0.1) is 6.54 Å². The van der Waals surface area contributed by atoms with E-state index in [-0.39, 0.29) is 28.0 Å². The first-order chi connectivity index (χ1) is 15.3. The van der Waals surface area contributed by atoms with Crippen LogP contribution in [0.3, 0.4) is 0 Å². The number of aromatic nitrogens is 4. The molecule has 8 nitrogen and oxygen atoms in total. The van der Waals surface area contributed by atoms with Crippen molar-refractivity contribution in [2.45, 2.75) is 49.5 Å². The summed E-state index contributed by atoms with van der Waals surface area (Å²) in [6.45, 7) is 6.77. The van der Waals surface area contributed by atoms with Crippen molar-refractivity contribution in [3.8, 4) is 0 Å². The molecule has 3 aromatic rings. The van der Waals surface area contributed by atoms with Gasteiger partial charge in [0, 0.05) is 10.3 Å². The average Bonchev–Trinajstić information content (AvgIpc) is 3.31. The van der Waals surface area contributed by atoms with E-state index in [2.05, 4.69) is 40.8 Å². The second-order valence-corrected chi connectivity index (χ2v) is 10.5. The molecule has 1 aromatic heterocycles. The van der Waals surface area contributed by atoms with Crippen molar-refractivity contribution in [3.63, 3.8) is 0 Å². The molecule has 1 N–H and O–H groups in total. The minimum absolute atomic E-state index is 0.104. The summed E-state index contributed by atoms with van der Waals surface area (Å²) in [6, 6.07) is 16.3. The van der Waals surface area contributed by atoms with Crippen LogP contribution in [0.15, 0.2) is 54.6 Å². The number of tetrazole rings is 1. The zero-order chi connectivity index (χ0) is 22.5. The van der Waals surface area contributed by atoms with Crippen LogP contribution in [0.1, 0.15) is 47.2 Å². The first-order valence-corrected chi connectivity index (χ1v) is 11.4. The van der Waals surface area contributed by atoms with Crippen LogP contribution in [0.5, 0.6) is 0 Å². The molecule has 0 saturated carbocycles. The van der Waals surface area contributed by atoms with E-state index in [1.54, 1.807) is 40.7 Å². The first kappa shape index (κ1) is 20.7. The number of nitrogens with one attached hydrogen (secondary N) is 1. The lowest BCUT2D eigenvalue weighted by molar-refractivity contribution is -0.149. The van der Waals surface area contributed by atoms with E-state index in [0.717, 1.165) is 5.56 Å². The number of nitrogens with zero attached hydrogens (tertiary/aromatic N) is 5. The van der Waals surface area contributed by atoms with Crippen molar-refractivity contribution in [1.29, 1.82) is 0 Å². The Kier molecular flexibility index (Phi) is 5.00. The highest BCUT2D eigenvalue weighted by atomic mass is 32.2. The lowest BCUT2D eigenvalue weighted by Crippen LogP contribution is -2.68.